The number of esters is 1. The number of ether oxygens (including phenoxy) is 4. The second-order valence-electron chi connectivity index (χ2n) is 4.60. The summed E-state index contributed by atoms with van der Waals surface area (Å²) in [4.78, 5) is 24.1. The van der Waals surface area contributed by atoms with Crippen molar-refractivity contribution in [3.05, 3.63) is 28.2 Å². The molecule has 0 N–H and O–H groups in total. The number of hydrogen-bond donors (Lipinski definition) is 0. The van der Waals surface area contributed by atoms with E-state index in [2.05, 4.69) is 0 Å². The van der Waals surface area contributed by atoms with Crippen LogP contribution in [0, 0.1) is 0 Å². The van der Waals surface area contributed by atoms with Crippen LogP contribution in [0.5, 0.6) is 5.75 Å². The Morgan fingerprint density at radius 1 is 1.27 bits per heavy atom. The standard InChI is InChI=1S/C15H23NO6/c1-5-6-9-22-14-11(17)7-8-16(10-12(19-2)20-3)13(14)15(18)21-4/h7-8,12H,5-6,9-10H2,1-4H3. The van der Waals surface area contributed by atoms with E-state index in [1.807, 2.05) is 6.92 Å². The Balaban J connectivity index is 3.22. The van der Waals surface area contributed by atoms with Crippen LogP contribution in [0.15, 0.2) is 17.1 Å². The molecule has 0 aliphatic rings. The van der Waals surface area contributed by atoms with Crippen molar-refractivity contribution in [2.45, 2.75) is 32.6 Å². The van der Waals surface area contributed by atoms with Crippen molar-refractivity contribution in [3.63, 3.8) is 0 Å². The van der Waals surface area contributed by atoms with Crippen LogP contribution in [-0.4, -0.2) is 44.8 Å². The average Bonchev–Trinajstić information content (AvgIpc) is 2.54. The van der Waals surface area contributed by atoms with Gasteiger partial charge >= 0.3 is 5.97 Å². The number of carbonyl (C=O) groups is 1. The molecule has 0 spiro atoms. The largest absolute Gasteiger partial charge is 0.487 e. The SMILES string of the molecule is CCCCOc1c(C(=O)OC)n(CC(OC)OC)ccc1=O. The number of unbranched alkanes of at least 4 members (excludes halogenated alkanes) is 1. The molecule has 0 aliphatic carbocycles. The number of nitrogens with zero attached hydrogens (tertiary/aromatic N) is 1. The Labute approximate surface area is 129 Å². The molecular weight excluding hydrogens is 290 g/mol. The van der Waals surface area contributed by atoms with Crippen molar-refractivity contribution in [3.8, 4) is 5.75 Å². The molecule has 0 bridgehead atoms. The van der Waals surface area contributed by atoms with Gasteiger partial charge in [-0.1, -0.05) is 13.3 Å². The van der Waals surface area contributed by atoms with Crippen LogP contribution in [0.2, 0.25) is 0 Å². The highest BCUT2D eigenvalue weighted by atomic mass is 16.7. The molecule has 0 fully saturated rings. The molecular formula is C15H23NO6. The van der Waals surface area contributed by atoms with Crippen molar-refractivity contribution >= 4 is 5.97 Å². The van der Waals surface area contributed by atoms with Crippen molar-refractivity contribution in [2.75, 3.05) is 27.9 Å². The second kappa shape index (κ2) is 9.22. The van der Waals surface area contributed by atoms with E-state index in [-0.39, 0.29) is 23.4 Å². The lowest BCUT2D eigenvalue weighted by molar-refractivity contribution is -0.111. The highest BCUT2D eigenvalue weighted by Gasteiger charge is 2.22. The molecule has 0 saturated heterocycles. The van der Waals surface area contributed by atoms with Crippen LogP contribution in [0.3, 0.4) is 0 Å². The van der Waals surface area contributed by atoms with E-state index in [1.54, 1.807) is 0 Å². The zero-order valence-electron chi connectivity index (χ0n) is 13.5. The number of pyridine rings is 1. The highest BCUT2D eigenvalue weighted by molar-refractivity contribution is 5.90. The maximum atomic E-state index is 12.1. The van der Waals surface area contributed by atoms with Gasteiger partial charge in [0.15, 0.2) is 17.7 Å². The van der Waals surface area contributed by atoms with Gasteiger partial charge in [0, 0.05) is 26.5 Å². The van der Waals surface area contributed by atoms with E-state index in [0.29, 0.717) is 6.61 Å². The Hall–Kier alpha value is -1.86. The predicted molar refractivity (Wildman–Crippen MR) is 80.3 cm³/mol. The molecule has 124 valence electrons. The molecule has 0 aliphatic heterocycles. The summed E-state index contributed by atoms with van der Waals surface area (Å²) < 4.78 is 22.1. The fraction of sp³-hybridized carbons (Fsp3) is 0.600. The summed E-state index contributed by atoms with van der Waals surface area (Å²) in [6, 6.07) is 1.34. The first kappa shape index (κ1) is 18.2. The van der Waals surface area contributed by atoms with Crippen molar-refractivity contribution in [1.82, 2.24) is 4.57 Å². The molecule has 1 aromatic rings. The van der Waals surface area contributed by atoms with Gasteiger partial charge in [-0.2, -0.15) is 0 Å². The van der Waals surface area contributed by atoms with Crippen molar-refractivity contribution in [2.24, 2.45) is 0 Å². The molecule has 0 aromatic carbocycles. The first-order valence-corrected chi connectivity index (χ1v) is 7.09. The van der Waals surface area contributed by atoms with Gasteiger partial charge in [0.1, 0.15) is 0 Å². The topological polar surface area (TPSA) is 76.0 Å². The molecule has 0 unspecified atom stereocenters. The van der Waals surface area contributed by atoms with Crippen LogP contribution in [-0.2, 0) is 20.8 Å². The molecule has 1 heterocycles. The molecule has 0 radical (unpaired) electrons. The molecule has 22 heavy (non-hydrogen) atoms. The van der Waals surface area contributed by atoms with Gasteiger partial charge in [0.05, 0.1) is 20.3 Å². The van der Waals surface area contributed by atoms with E-state index in [1.165, 1.54) is 38.2 Å². The van der Waals surface area contributed by atoms with Gasteiger partial charge in [-0.15, -0.1) is 0 Å². The minimum Gasteiger partial charge on any atom is -0.487 e. The summed E-state index contributed by atoms with van der Waals surface area (Å²) in [5.74, 6) is -0.649. The molecule has 0 atom stereocenters. The van der Waals surface area contributed by atoms with Gasteiger partial charge in [-0.3, -0.25) is 4.79 Å². The zero-order chi connectivity index (χ0) is 16.5. The first-order valence-electron chi connectivity index (χ1n) is 7.09. The molecule has 0 amide bonds. The summed E-state index contributed by atoms with van der Waals surface area (Å²) in [5.41, 5.74) is -0.302. The first-order chi connectivity index (χ1) is 10.6. The van der Waals surface area contributed by atoms with Crippen LogP contribution in [0.4, 0.5) is 0 Å². The normalized spacial score (nSPS) is 10.8. The van der Waals surface area contributed by atoms with Crippen molar-refractivity contribution < 1.29 is 23.7 Å². The average molecular weight is 313 g/mol. The van der Waals surface area contributed by atoms with E-state index in [9.17, 15) is 9.59 Å². The second-order valence-corrected chi connectivity index (χ2v) is 4.60. The third-order valence-corrected chi connectivity index (χ3v) is 3.13. The maximum Gasteiger partial charge on any atom is 0.358 e. The van der Waals surface area contributed by atoms with Crippen LogP contribution < -0.4 is 10.2 Å². The summed E-state index contributed by atoms with van der Waals surface area (Å²) >= 11 is 0. The van der Waals surface area contributed by atoms with Crippen LogP contribution >= 0.6 is 0 Å². The Kier molecular flexibility index (Phi) is 7.62. The lowest BCUT2D eigenvalue weighted by Crippen LogP contribution is -2.27. The fourth-order valence-corrected chi connectivity index (χ4v) is 1.88. The predicted octanol–water partition coefficient (Wildman–Crippen LogP) is 1.43. The van der Waals surface area contributed by atoms with Crippen molar-refractivity contribution in [1.29, 1.82) is 0 Å². The number of methoxy groups -OCH3 is 3. The molecule has 7 nitrogen and oxygen atoms in total. The van der Waals surface area contributed by atoms with Crippen LogP contribution in [0.25, 0.3) is 0 Å². The molecule has 7 heteroatoms. The monoisotopic (exact) mass is 313 g/mol. The molecule has 1 rings (SSSR count). The molecule has 0 saturated carbocycles. The minimum absolute atomic E-state index is 0.00578. The zero-order valence-corrected chi connectivity index (χ0v) is 13.5. The van der Waals surface area contributed by atoms with Crippen LogP contribution in [0.1, 0.15) is 30.3 Å². The number of hydrogen-bond acceptors (Lipinski definition) is 6. The summed E-state index contributed by atoms with van der Waals surface area (Å²) in [6.45, 7) is 2.59. The maximum absolute atomic E-state index is 12.1. The van der Waals surface area contributed by atoms with E-state index in [0.717, 1.165) is 12.8 Å². The number of carbonyl (C=O) groups excluding carboxylic acids is 1. The van der Waals surface area contributed by atoms with E-state index >= 15 is 0 Å². The lowest BCUT2D eigenvalue weighted by Gasteiger charge is -2.19. The minimum atomic E-state index is -0.643. The van der Waals surface area contributed by atoms with Gasteiger partial charge in [-0.25, -0.2) is 4.79 Å². The van der Waals surface area contributed by atoms with Gasteiger partial charge in [0.25, 0.3) is 0 Å². The van der Waals surface area contributed by atoms with Gasteiger partial charge < -0.3 is 23.5 Å². The van der Waals surface area contributed by atoms with E-state index in [4.69, 9.17) is 18.9 Å². The highest BCUT2D eigenvalue weighted by Crippen LogP contribution is 2.16. The fourth-order valence-electron chi connectivity index (χ4n) is 1.88. The smallest absolute Gasteiger partial charge is 0.358 e. The number of rotatable bonds is 9. The Morgan fingerprint density at radius 3 is 2.50 bits per heavy atom. The van der Waals surface area contributed by atoms with Gasteiger partial charge in [-0.05, 0) is 6.42 Å². The quantitative estimate of drug-likeness (QED) is 0.390. The summed E-state index contributed by atoms with van der Waals surface area (Å²) in [6.07, 6.45) is 2.64. The number of aromatic nitrogens is 1. The summed E-state index contributed by atoms with van der Waals surface area (Å²) in [5, 5.41) is 0. The Morgan fingerprint density at radius 2 is 1.95 bits per heavy atom. The third kappa shape index (κ3) is 4.57. The van der Waals surface area contributed by atoms with E-state index < -0.39 is 12.3 Å². The third-order valence-electron chi connectivity index (χ3n) is 3.13. The lowest BCUT2D eigenvalue weighted by atomic mass is 10.3. The Bertz CT molecular complexity index is 535. The molecule has 1 aromatic heterocycles. The van der Waals surface area contributed by atoms with Gasteiger partial charge in [0.2, 0.25) is 5.43 Å². The summed E-state index contributed by atoms with van der Waals surface area (Å²) in [7, 11) is 4.24.